The molecule has 1 unspecified atom stereocenters. The van der Waals surface area contributed by atoms with Crippen LogP contribution in [0.2, 0.25) is 0 Å². The van der Waals surface area contributed by atoms with E-state index in [-0.39, 0.29) is 0 Å². The van der Waals surface area contributed by atoms with Crippen LogP contribution in [-0.4, -0.2) is 11.1 Å². The molecule has 0 radical (unpaired) electrons. The van der Waals surface area contributed by atoms with Crippen molar-refractivity contribution in [1.82, 2.24) is 5.32 Å². The second kappa shape index (κ2) is 6.87. The summed E-state index contributed by atoms with van der Waals surface area (Å²) in [4.78, 5) is 10.8. The number of aromatic carboxylic acids is 1. The van der Waals surface area contributed by atoms with Crippen LogP contribution in [0.4, 0.5) is 0 Å². The highest BCUT2D eigenvalue weighted by Crippen LogP contribution is 2.16. The minimum Gasteiger partial charge on any atom is -0.478 e. The van der Waals surface area contributed by atoms with E-state index in [0.29, 0.717) is 11.6 Å². The van der Waals surface area contributed by atoms with Crippen LogP contribution in [-0.2, 0) is 6.54 Å². The molecule has 0 aliphatic carbocycles. The lowest BCUT2D eigenvalue weighted by molar-refractivity contribution is 0.0697. The van der Waals surface area contributed by atoms with Crippen molar-refractivity contribution >= 4 is 5.97 Å². The summed E-state index contributed by atoms with van der Waals surface area (Å²) in [5.41, 5.74) is 2.69. The van der Waals surface area contributed by atoms with Crippen LogP contribution in [0.15, 0.2) is 54.6 Å². The van der Waals surface area contributed by atoms with Gasteiger partial charge in [-0.2, -0.15) is 0 Å². The van der Waals surface area contributed by atoms with E-state index in [1.54, 1.807) is 12.1 Å². The molecule has 0 aliphatic heterocycles. The Kier molecular flexibility index (Phi) is 4.91. The lowest BCUT2D eigenvalue weighted by Crippen LogP contribution is -2.20. The van der Waals surface area contributed by atoms with Gasteiger partial charge in [-0.15, -0.1) is 0 Å². The molecule has 0 heterocycles. The summed E-state index contributed by atoms with van der Waals surface area (Å²) in [6.07, 6.45) is 1.01. The van der Waals surface area contributed by atoms with Gasteiger partial charge in [0, 0.05) is 12.6 Å². The molecule has 3 heteroatoms. The highest BCUT2D eigenvalue weighted by atomic mass is 16.4. The molecule has 2 rings (SSSR count). The monoisotopic (exact) mass is 269 g/mol. The highest BCUT2D eigenvalue weighted by molar-refractivity contribution is 5.87. The van der Waals surface area contributed by atoms with Crippen molar-refractivity contribution in [3.05, 3.63) is 71.3 Å². The number of rotatable bonds is 6. The molecule has 0 spiro atoms. The summed E-state index contributed by atoms with van der Waals surface area (Å²) < 4.78 is 0. The number of hydrogen-bond acceptors (Lipinski definition) is 2. The number of carbonyl (C=O) groups is 1. The SMILES string of the molecule is CCC(NCc1ccc(C(=O)O)cc1)c1ccccc1. The quantitative estimate of drug-likeness (QED) is 0.842. The van der Waals surface area contributed by atoms with E-state index in [0.717, 1.165) is 18.5 Å². The van der Waals surface area contributed by atoms with Crippen molar-refractivity contribution in [2.75, 3.05) is 0 Å². The molecule has 0 bridgehead atoms. The van der Waals surface area contributed by atoms with Gasteiger partial charge in [0.15, 0.2) is 0 Å². The molecular formula is C17H19NO2. The molecule has 0 aromatic heterocycles. The van der Waals surface area contributed by atoms with Crippen molar-refractivity contribution in [1.29, 1.82) is 0 Å². The first-order valence-electron chi connectivity index (χ1n) is 6.81. The molecule has 0 saturated carbocycles. The summed E-state index contributed by atoms with van der Waals surface area (Å²) in [5, 5.41) is 12.4. The van der Waals surface area contributed by atoms with Gasteiger partial charge in [-0.3, -0.25) is 0 Å². The normalized spacial score (nSPS) is 12.1. The third-order valence-corrected chi connectivity index (χ3v) is 3.36. The van der Waals surface area contributed by atoms with Crippen molar-refractivity contribution in [2.45, 2.75) is 25.9 Å². The third-order valence-electron chi connectivity index (χ3n) is 3.36. The summed E-state index contributed by atoms with van der Waals surface area (Å²) in [5.74, 6) is -0.889. The predicted molar refractivity (Wildman–Crippen MR) is 79.7 cm³/mol. The second-order valence-electron chi connectivity index (χ2n) is 4.75. The first-order valence-corrected chi connectivity index (χ1v) is 6.81. The summed E-state index contributed by atoms with van der Waals surface area (Å²) in [7, 11) is 0. The number of benzene rings is 2. The van der Waals surface area contributed by atoms with Gasteiger partial charge in [-0.25, -0.2) is 4.79 Å². The molecule has 0 amide bonds. The molecule has 0 saturated heterocycles. The Balaban J connectivity index is 1.98. The van der Waals surface area contributed by atoms with E-state index in [1.165, 1.54) is 5.56 Å². The van der Waals surface area contributed by atoms with E-state index in [1.807, 2.05) is 30.3 Å². The number of nitrogens with one attached hydrogen (secondary N) is 1. The average Bonchev–Trinajstić information content (AvgIpc) is 2.49. The summed E-state index contributed by atoms with van der Waals surface area (Å²) in [6.45, 7) is 2.88. The Hall–Kier alpha value is -2.13. The standard InChI is InChI=1S/C17H19NO2/c1-2-16(14-6-4-3-5-7-14)18-12-13-8-10-15(11-9-13)17(19)20/h3-11,16,18H,2,12H2,1H3,(H,19,20). The van der Waals surface area contributed by atoms with Crippen LogP contribution in [0.5, 0.6) is 0 Å². The van der Waals surface area contributed by atoms with Crippen molar-refractivity contribution < 1.29 is 9.90 Å². The maximum atomic E-state index is 10.8. The largest absolute Gasteiger partial charge is 0.478 e. The lowest BCUT2D eigenvalue weighted by Gasteiger charge is -2.17. The fourth-order valence-corrected chi connectivity index (χ4v) is 2.19. The summed E-state index contributed by atoms with van der Waals surface area (Å²) in [6, 6.07) is 17.6. The van der Waals surface area contributed by atoms with E-state index in [4.69, 9.17) is 5.11 Å². The molecule has 2 aromatic carbocycles. The first kappa shape index (κ1) is 14.3. The maximum absolute atomic E-state index is 10.8. The molecular weight excluding hydrogens is 250 g/mol. The zero-order chi connectivity index (χ0) is 14.4. The Morgan fingerprint density at radius 3 is 2.30 bits per heavy atom. The van der Waals surface area contributed by atoms with Crippen LogP contribution in [0.3, 0.4) is 0 Å². The molecule has 2 aromatic rings. The van der Waals surface area contributed by atoms with Crippen LogP contribution >= 0.6 is 0 Å². The Bertz CT molecular complexity index is 549. The van der Waals surface area contributed by atoms with Crippen molar-refractivity contribution in [3.63, 3.8) is 0 Å². The fourth-order valence-electron chi connectivity index (χ4n) is 2.19. The van der Waals surface area contributed by atoms with Crippen LogP contribution in [0.1, 0.15) is 40.9 Å². The third kappa shape index (κ3) is 3.68. The Morgan fingerprint density at radius 2 is 1.75 bits per heavy atom. The van der Waals surface area contributed by atoms with Crippen LogP contribution < -0.4 is 5.32 Å². The van der Waals surface area contributed by atoms with Gasteiger partial charge in [-0.1, -0.05) is 49.4 Å². The molecule has 2 N–H and O–H groups in total. The van der Waals surface area contributed by atoms with E-state index in [9.17, 15) is 4.79 Å². The van der Waals surface area contributed by atoms with Crippen LogP contribution in [0.25, 0.3) is 0 Å². The topological polar surface area (TPSA) is 49.3 Å². The Morgan fingerprint density at radius 1 is 1.10 bits per heavy atom. The smallest absolute Gasteiger partial charge is 0.335 e. The maximum Gasteiger partial charge on any atom is 0.335 e. The number of carboxylic acid groups (broad SMARTS) is 1. The van der Waals surface area contributed by atoms with Gasteiger partial charge in [0.1, 0.15) is 0 Å². The predicted octanol–water partition coefficient (Wildman–Crippen LogP) is 3.63. The molecule has 20 heavy (non-hydrogen) atoms. The Labute approximate surface area is 119 Å². The zero-order valence-electron chi connectivity index (χ0n) is 11.5. The van der Waals surface area contributed by atoms with Gasteiger partial charge in [-0.05, 0) is 29.7 Å². The number of hydrogen-bond donors (Lipinski definition) is 2. The van der Waals surface area contributed by atoms with Gasteiger partial charge in [0.25, 0.3) is 0 Å². The van der Waals surface area contributed by atoms with Crippen molar-refractivity contribution in [2.24, 2.45) is 0 Å². The van der Waals surface area contributed by atoms with Gasteiger partial charge in [0.2, 0.25) is 0 Å². The van der Waals surface area contributed by atoms with Crippen LogP contribution in [0, 0.1) is 0 Å². The molecule has 1 atom stereocenters. The summed E-state index contributed by atoms with van der Waals surface area (Å²) >= 11 is 0. The van der Waals surface area contributed by atoms with E-state index >= 15 is 0 Å². The first-order chi connectivity index (χ1) is 9.70. The van der Waals surface area contributed by atoms with E-state index in [2.05, 4.69) is 24.4 Å². The highest BCUT2D eigenvalue weighted by Gasteiger charge is 2.08. The minimum atomic E-state index is -0.889. The van der Waals surface area contributed by atoms with Crippen molar-refractivity contribution in [3.8, 4) is 0 Å². The van der Waals surface area contributed by atoms with Gasteiger partial charge >= 0.3 is 5.97 Å². The zero-order valence-corrected chi connectivity index (χ0v) is 11.5. The second-order valence-corrected chi connectivity index (χ2v) is 4.75. The van der Waals surface area contributed by atoms with E-state index < -0.39 is 5.97 Å². The van der Waals surface area contributed by atoms with Gasteiger partial charge < -0.3 is 10.4 Å². The van der Waals surface area contributed by atoms with Gasteiger partial charge in [0.05, 0.1) is 5.56 Å². The minimum absolute atomic E-state index is 0.315. The lowest BCUT2D eigenvalue weighted by atomic mass is 10.0. The fraction of sp³-hybridized carbons (Fsp3) is 0.235. The number of carboxylic acids is 1. The average molecular weight is 269 g/mol. The molecule has 3 nitrogen and oxygen atoms in total. The molecule has 0 fully saturated rings. The molecule has 0 aliphatic rings. The molecule has 104 valence electrons.